The van der Waals surface area contributed by atoms with Crippen LogP contribution >= 0.6 is 23.1 Å². The molecule has 1 unspecified atom stereocenters. The number of alkyl halides is 3. The molecular weight excluding hydrogens is 431 g/mol. The molecule has 0 amide bonds. The van der Waals surface area contributed by atoms with Gasteiger partial charge in [-0.25, -0.2) is 4.98 Å². The summed E-state index contributed by atoms with van der Waals surface area (Å²) in [6.45, 7) is 1.90. The van der Waals surface area contributed by atoms with E-state index in [2.05, 4.69) is 4.98 Å². The first-order chi connectivity index (χ1) is 14.2. The number of benzene rings is 2. The second-order valence-electron chi connectivity index (χ2n) is 7.25. The van der Waals surface area contributed by atoms with Crippen molar-refractivity contribution in [2.45, 2.75) is 36.1 Å². The van der Waals surface area contributed by atoms with Crippen molar-refractivity contribution in [3.8, 4) is 10.6 Å². The summed E-state index contributed by atoms with van der Waals surface area (Å²) in [5, 5.41) is 9.76. The number of halogens is 3. The van der Waals surface area contributed by atoms with Crippen LogP contribution in [0.4, 0.5) is 13.2 Å². The number of carbonyl (C=O) groups is 1. The molecule has 8 heteroatoms. The molecule has 3 aromatic rings. The van der Waals surface area contributed by atoms with Crippen LogP contribution in [0.1, 0.15) is 34.0 Å². The quantitative estimate of drug-likeness (QED) is 0.430. The van der Waals surface area contributed by atoms with Crippen LogP contribution in [0.25, 0.3) is 10.6 Å². The third kappa shape index (κ3) is 4.54. The van der Waals surface area contributed by atoms with Gasteiger partial charge in [0.1, 0.15) is 5.01 Å². The molecule has 2 aromatic carbocycles. The lowest BCUT2D eigenvalue weighted by Gasteiger charge is -2.06. The molecule has 0 aliphatic heterocycles. The maximum Gasteiger partial charge on any atom is 0.416 e. The van der Waals surface area contributed by atoms with Crippen LogP contribution in [0.3, 0.4) is 0 Å². The minimum Gasteiger partial charge on any atom is -0.481 e. The van der Waals surface area contributed by atoms with Gasteiger partial charge in [-0.05, 0) is 49.1 Å². The van der Waals surface area contributed by atoms with Crippen LogP contribution in [-0.2, 0) is 16.7 Å². The molecule has 1 N–H and O–H groups in total. The fourth-order valence-electron chi connectivity index (χ4n) is 3.28. The van der Waals surface area contributed by atoms with Crippen LogP contribution in [0.15, 0.2) is 53.4 Å². The van der Waals surface area contributed by atoms with Crippen molar-refractivity contribution in [1.29, 1.82) is 0 Å². The summed E-state index contributed by atoms with van der Waals surface area (Å²) >= 11 is 3.14. The molecule has 2 atom stereocenters. The van der Waals surface area contributed by atoms with E-state index in [1.54, 1.807) is 11.8 Å². The van der Waals surface area contributed by atoms with Gasteiger partial charge in [0.25, 0.3) is 0 Å². The summed E-state index contributed by atoms with van der Waals surface area (Å²) < 4.78 is 38.2. The lowest BCUT2D eigenvalue weighted by molar-refractivity contribution is -0.139. The molecule has 156 valence electrons. The highest BCUT2D eigenvalue weighted by Crippen LogP contribution is 2.47. The summed E-state index contributed by atoms with van der Waals surface area (Å²) in [6, 6.07) is 13.1. The maximum atomic E-state index is 12.7. The van der Waals surface area contributed by atoms with Gasteiger partial charge in [0, 0.05) is 21.1 Å². The van der Waals surface area contributed by atoms with E-state index in [1.165, 1.54) is 23.5 Å². The molecule has 0 bridgehead atoms. The summed E-state index contributed by atoms with van der Waals surface area (Å²) in [4.78, 5) is 17.7. The summed E-state index contributed by atoms with van der Waals surface area (Å²) in [5.41, 5.74) is 1.94. The highest BCUT2D eigenvalue weighted by atomic mass is 32.2. The molecule has 0 spiro atoms. The van der Waals surface area contributed by atoms with Gasteiger partial charge in [0.15, 0.2) is 0 Å². The molecule has 1 aliphatic rings. The number of carboxylic acid groups (broad SMARTS) is 1. The largest absolute Gasteiger partial charge is 0.481 e. The monoisotopic (exact) mass is 449 g/mol. The van der Waals surface area contributed by atoms with Crippen molar-refractivity contribution in [2.75, 3.05) is 0 Å². The Labute approximate surface area is 180 Å². The van der Waals surface area contributed by atoms with Crippen molar-refractivity contribution in [3.05, 3.63) is 70.2 Å². The van der Waals surface area contributed by atoms with Crippen molar-refractivity contribution < 1.29 is 23.1 Å². The zero-order valence-corrected chi connectivity index (χ0v) is 17.6. The average molecular weight is 450 g/mol. The Morgan fingerprint density at radius 3 is 2.40 bits per heavy atom. The number of thioether (sulfide) groups is 1. The minimum absolute atomic E-state index is 0.122. The van der Waals surface area contributed by atoms with Crippen LogP contribution in [0, 0.1) is 12.8 Å². The molecule has 30 heavy (non-hydrogen) atoms. The smallest absolute Gasteiger partial charge is 0.416 e. The van der Waals surface area contributed by atoms with E-state index < -0.39 is 17.7 Å². The predicted molar refractivity (Wildman–Crippen MR) is 112 cm³/mol. The average Bonchev–Trinajstić information content (AvgIpc) is 3.43. The Bertz CT molecular complexity index is 1060. The number of aryl methyl sites for hydroxylation is 1. The zero-order chi connectivity index (χ0) is 21.5. The highest BCUT2D eigenvalue weighted by Gasteiger charge is 2.44. The zero-order valence-electron chi connectivity index (χ0n) is 15.9. The Balaban J connectivity index is 1.40. The first-order valence-electron chi connectivity index (χ1n) is 9.32. The van der Waals surface area contributed by atoms with E-state index in [9.17, 15) is 18.0 Å². The van der Waals surface area contributed by atoms with Crippen molar-refractivity contribution in [3.63, 3.8) is 0 Å². The van der Waals surface area contributed by atoms with E-state index >= 15 is 0 Å². The van der Waals surface area contributed by atoms with Crippen LogP contribution in [0.5, 0.6) is 0 Å². The fourth-order valence-corrected chi connectivity index (χ4v) is 5.39. The third-order valence-electron chi connectivity index (χ3n) is 5.14. The molecule has 3 nitrogen and oxygen atoms in total. The second kappa shape index (κ2) is 8.07. The van der Waals surface area contributed by atoms with Crippen LogP contribution < -0.4 is 0 Å². The molecule has 1 aromatic heterocycles. The lowest BCUT2D eigenvalue weighted by atomic mass is 10.1. The lowest BCUT2D eigenvalue weighted by Crippen LogP contribution is -2.03. The molecule has 1 saturated carbocycles. The number of thiazole rings is 1. The first-order valence-corrected chi connectivity index (χ1v) is 11.1. The Morgan fingerprint density at radius 2 is 1.83 bits per heavy atom. The Morgan fingerprint density at radius 1 is 1.17 bits per heavy atom. The molecule has 1 heterocycles. The molecule has 0 saturated heterocycles. The SMILES string of the molecule is Cc1nc(-c2ccc(C(F)(F)F)cc2)sc1CSc1ccc(C2C[C@H]2C(=O)O)cc1. The molecule has 0 radical (unpaired) electrons. The number of hydrogen-bond donors (Lipinski definition) is 1. The van der Waals surface area contributed by atoms with E-state index in [-0.39, 0.29) is 11.8 Å². The third-order valence-corrected chi connectivity index (χ3v) is 7.57. The van der Waals surface area contributed by atoms with Gasteiger partial charge < -0.3 is 5.11 Å². The normalized spacial score (nSPS) is 18.4. The number of carboxylic acids is 1. The maximum absolute atomic E-state index is 12.7. The van der Waals surface area contributed by atoms with E-state index in [4.69, 9.17) is 5.11 Å². The van der Waals surface area contributed by atoms with Gasteiger partial charge in [-0.15, -0.1) is 23.1 Å². The molecule has 4 rings (SSSR count). The molecule has 1 fully saturated rings. The van der Waals surface area contributed by atoms with Crippen LogP contribution in [0.2, 0.25) is 0 Å². The standard InChI is InChI=1S/C22H18F3NO2S2/c1-12-19(30-20(26-12)14-2-6-15(7-3-14)22(23,24)25)11-29-16-8-4-13(5-9-16)17-10-18(17)21(27)28/h2-9,17-18H,10-11H2,1H3,(H,27,28)/t17?,18-/m1/s1. The van der Waals surface area contributed by atoms with Crippen LogP contribution in [-0.4, -0.2) is 16.1 Å². The molecular formula is C22H18F3NO2S2. The van der Waals surface area contributed by atoms with Crippen molar-refractivity contribution in [2.24, 2.45) is 5.92 Å². The highest BCUT2D eigenvalue weighted by molar-refractivity contribution is 7.98. The molecule has 1 aliphatic carbocycles. The second-order valence-corrected chi connectivity index (χ2v) is 9.38. The van der Waals surface area contributed by atoms with Gasteiger partial charge >= 0.3 is 12.1 Å². The number of nitrogens with zero attached hydrogens (tertiary/aromatic N) is 1. The van der Waals surface area contributed by atoms with E-state index in [1.807, 2.05) is 31.2 Å². The fraction of sp³-hybridized carbons (Fsp3) is 0.273. The summed E-state index contributed by atoms with van der Waals surface area (Å²) in [5.74, 6) is -0.156. The van der Waals surface area contributed by atoms with Gasteiger partial charge in [-0.2, -0.15) is 13.2 Å². The van der Waals surface area contributed by atoms with Gasteiger partial charge in [-0.3, -0.25) is 4.79 Å². The van der Waals surface area contributed by atoms with Crippen molar-refractivity contribution in [1.82, 2.24) is 4.98 Å². The topological polar surface area (TPSA) is 50.2 Å². The number of aliphatic carboxylic acids is 1. The number of rotatable bonds is 6. The number of aromatic nitrogens is 1. The first kappa shape index (κ1) is 20.9. The Hall–Kier alpha value is -2.32. The number of hydrogen-bond acceptors (Lipinski definition) is 4. The van der Waals surface area contributed by atoms with Crippen molar-refractivity contribution >= 4 is 29.1 Å². The van der Waals surface area contributed by atoms with E-state index in [0.717, 1.165) is 33.2 Å². The minimum atomic E-state index is -4.34. The van der Waals surface area contributed by atoms with Gasteiger partial charge in [0.2, 0.25) is 0 Å². The predicted octanol–water partition coefficient (Wildman–Crippen LogP) is 6.62. The summed E-state index contributed by atoms with van der Waals surface area (Å²) in [7, 11) is 0. The Kier molecular flexibility index (Phi) is 5.63. The summed E-state index contributed by atoms with van der Waals surface area (Å²) in [6.07, 6.45) is -3.64. The van der Waals surface area contributed by atoms with Gasteiger partial charge in [0.05, 0.1) is 17.2 Å². The van der Waals surface area contributed by atoms with E-state index in [0.29, 0.717) is 22.7 Å². The van der Waals surface area contributed by atoms with Gasteiger partial charge in [-0.1, -0.05) is 24.3 Å².